The van der Waals surface area contributed by atoms with Crippen molar-refractivity contribution in [3.63, 3.8) is 0 Å². The standard InChI is InChI=1S/C53H43N/c1-52(2)44-18-7-6-16-42(44)48-39(17-10-20-46(48)52)34-12-9-13-37(30-34)54-47-24-21-33-11-3-4-14-38(33)49(47)43-23-22-41-40-15-5-8-19-45(40)53(50(41)51(43)54)35-26-31-25-32(28-35)29-36(53)27-31/h3-24,30-32,35-36H,25-29H2,1-2H3. The largest absolute Gasteiger partial charge is 0.309 e. The summed E-state index contributed by atoms with van der Waals surface area (Å²) in [4.78, 5) is 0. The van der Waals surface area contributed by atoms with Crippen LogP contribution in [0.2, 0.25) is 0 Å². The van der Waals surface area contributed by atoms with Crippen LogP contribution in [0, 0.1) is 23.7 Å². The number of hydrogen-bond acceptors (Lipinski definition) is 0. The molecule has 0 atom stereocenters. The van der Waals surface area contributed by atoms with Crippen molar-refractivity contribution in [2.75, 3.05) is 0 Å². The van der Waals surface area contributed by atoms with Crippen LogP contribution in [0.3, 0.4) is 0 Å². The fourth-order valence-corrected chi connectivity index (χ4v) is 13.6. The summed E-state index contributed by atoms with van der Waals surface area (Å²) in [5.74, 6) is 3.21. The maximum absolute atomic E-state index is 2.71. The Morgan fingerprint density at radius 3 is 2.04 bits per heavy atom. The Morgan fingerprint density at radius 2 is 1.20 bits per heavy atom. The maximum Gasteiger partial charge on any atom is 0.0588 e. The molecular weight excluding hydrogens is 651 g/mol. The monoisotopic (exact) mass is 693 g/mol. The number of aromatic nitrogens is 1. The van der Waals surface area contributed by atoms with Crippen molar-refractivity contribution in [2.45, 2.75) is 56.8 Å². The Balaban J connectivity index is 1.14. The zero-order valence-corrected chi connectivity index (χ0v) is 31.1. The summed E-state index contributed by atoms with van der Waals surface area (Å²) in [5, 5.41) is 5.46. The molecule has 1 nitrogen and oxygen atoms in total. The lowest BCUT2D eigenvalue weighted by atomic mass is 9.43. The third-order valence-electron chi connectivity index (χ3n) is 15.3. The second-order valence-corrected chi connectivity index (χ2v) is 18.1. The van der Waals surface area contributed by atoms with Gasteiger partial charge in [-0.05, 0) is 140 Å². The SMILES string of the molecule is CC1(C)c2ccccc2-c2c(-c3cccc(-n4c5ccc6ccccc6c5c5ccc6c(c54)C4(c5ccccc5-6)C5CC6CC(C5)CC4C6)c3)cccc21. The van der Waals surface area contributed by atoms with Crippen LogP contribution in [0.15, 0.2) is 140 Å². The van der Waals surface area contributed by atoms with Gasteiger partial charge in [0.15, 0.2) is 0 Å². The predicted octanol–water partition coefficient (Wildman–Crippen LogP) is 13.6. The molecule has 4 saturated carbocycles. The van der Waals surface area contributed by atoms with Crippen molar-refractivity contribution in [3.8, 4) is 39.1 Å². The molecule has 1 aromatic heterocycles. The molecule has 14 rings (SSSR count). The number of benzene rings is 7. The Hall–Kier alpha value is -5.40. The molecule has 1 heterocycles. The molecule has 6 aliphatic rings. The third kappa shape index (κ3) is 3.53. The van der Waals surface area contributed by atoms with Crippen LogP contribution >= 0.6 is 0 Å². The van der Waals surface area contributed by atoms with Gasteiger partial charge in [0.2, 0.25) is 0 Å². The van der Waals surface area contributed by atoms with Gasteiger partial charge in [-0.3, -0.25) is 0 Å². The van der Waals surface area contributed by atoms with Crippen molar-refractivity contribution in [3.05, 3.63) is 162 Å². The van der Waals surface area contributed by atoms with Gasteiger partial charge in [-0.1, -0.05) is 135 Å². The Bertz CT molecular complexity index is 2910. The highest BCUT2D eigenvalue weighted by Gasteiger charge is 2.62. The fraction of sp³-hybridized carbons (Fsp3) is 0.245. The van der Waals surface area contributed by atoms with E-state index in [1.165, 1.54) is 115 Å². The smallest absolute Gasteiger partial charge is 0.0588 e. The lowest BCUT2D eigenvalue weighted by molar-refractivity contribution is -0.0394. The van der Waals surface area contributed by atoms with E-state index in [9.17, 15) is 0 Å². The second kappa shape index (κ2) is 10.2. The molecule has 0 amide bonds. The Labute approximate surface area is 317 Å². The number of nitrogens with zero attached hydrogens (tertiary/aromatic N) is 1. The van der Waals surface area contributed by atoms with Gasteiger partial charge in [0.25, 0.3) is 0 Å². The Kier molecular flexibility index (Phi) is 5.67. The summed E-state index contributed by atoms with van der Waals surface area (Å²) in [6.07, 6.45) is 6.99. The summed E-state index contributed by atoms with van der Waals surface area (Å²) in [6.45, 7) is 4.78. The van der Waals surface area contributed by atoms with Crippen LogP contribution in [0.1, 0.15) is 68.2 Å². The summed E-state index contributed by atoms with van der Waals surface area (Å²) < 4.78 is 2.71. The third-order valence-corrected chi connectivity index (χ3v) is 15.3. The molecule has 4 fully saturated rings. The summed E-state index contributed by atoms with van der Waals surface area (Å²) >= 11 is 0. The van der Waals surface area contributed by atoms with Crippen molar-refractivity contribution in [1.82, 2.24) is 4.57 Å². The van der Waals surface area contributed by atoms with E-state index in [1.807, 2.05) is 0 Å². The fourth-order valence-electron chi connectivity index (χ4n) is 13.6. The Morgan fingerprint density at radius 1 is 0.519 bits per heavy atom. The molecule has 0 unspecified atom stereocenters. The first-order valence-electron chi connectivity index (χ1n) is 20.4. The number of hydrogen-bond donors (Lipinski definition) is 0. The summed E-state index contributed by atoms with van der Waals surface area (Å²) in [7, 11) is 0. The molecule has 8 aromatic rings. The predicted molar refractivity (Wildman–Crippen MR) is 225 cm³/mol. The highest BCUT2D eigenvalue weighted by atomic mass is 15.0. The molecule has 54 heavy (non-hydrogen) atoms. The van der Waals surface area contributed by atoms with Crippen LogP contribution in [-0.2, 0) is 10.8 Å². The molecule has 0 radical (unpaired) electrons. The zero-order chi connectivity index (χ0) is 35.5. The van der Waals surface area contributed by atoms with E-state index in [2.05, 4.69) is 158 Å². The zero-order valence-electron chi connectivity index (χ0n) is 31.1. The van der Waals surface area contributed by atoms with Gasteiger partial charge in [-0.15, -0.1) is 0 Å². The van der Waals surface area contributed by atoms with Crippen molar-refractivity contribution in [1.29, 1.82) is 0 Å². The van der Waals surface area contributed by atoms with E-state index in [-0.39, 0.29) is 10.8 Å². The summed E-state index contributed by atoms with van der Waals surface area (Å²) in [5.41, 5.74) is 18.5. The first-order chi connectivity index (χ1) is 26.5. The molecule has 0 saturated heterocycles. The number of fused-ring (bicyclic) bond motifs is 12. The second-order valence-electron chi connectivity index (χ2n) is 18.1. The van der Waals surface area contributed by atoms with E-state index in [0.717, 1.165) is 11.8 Å². The van der Waals surface area contributed by atoms with Gasteiger partial charge in [-0.2, -0.15) is 0 Å². The van der Waals surface area contributed by atoms with Gasteiger partial charge in [-0.25, -0.2) is 0 Å². The molecule has 0 N–H and O–H groups in total. The first kappa shape index (κ1) is 30.0. The van der Waals surface area contributed by atoms with Crippen LogP contribution in [-0.4, -0.2) is 4.57 Å². The van der Waals surface area contributed by atoms with E-state index in [4.69, 9.17) is 0 Å². The summed E-state index contributed by atoms with van der Waals surface area (Å²) in [6, 6.07) is 54.0. The van der Waals surface area contributed by atoms with Gasteiger partial charge in [0, 0.05) is 27.3 Å². The molecule has 7 aromatic carbocycles. The minimum atomic E-state index is -0.0318. The normalized spacial score (nSPS) is 25.1. The van der Waals surface area contributed by atoms with Crippen molar-refractivity contribution < 1.29 is 0 Å². The highest BCUT2D eigenvalue weighted by Crippen LogP contribution is 2.70. The van der Waals surface area contributed by atoms with Crippen LogP contribution in [0.4, 0.5) is 0 Å². The van der Waals surface area contributed by atoms with E-state index in [1.54, 1.807) is 11.1 Å². The molecule has 6 aliphatic carbocycles. The van der Waals surface area contributed by atoms with Crippen molar-refractivity contribution in [2.24, 2.45) is 23.7 Å². The van der Waals surface area contributed by atoms with Gasteiger partial charge in [0.1, 0.15) is 0 Å². The quantitative estimate of drug-likeness (QED) is 0.170. The highest BCUT2D eigenvalue weighted by molar-refractivity contribution is 6.23. The topological polar surface area (TPSA) is 4.93 Å². The average molecular weight is 694 g/mol. The lowest BCUT2D eigenvalue weighted by Gasteiger charge is -2.61. The first-order valence-corrected chi connectivity index (χ1v) is 20.4. The van der Waals surface area contributed by atoms with E-state index < -0.39 is 0 Å². The number of rotatable bonds is 2. The van der Waals surface area contributed by atoms with E-state index in [0.29, 0.717) is 11.8 Å². The van der Waals surface area contributed by atoms with Crippen LogP contribution in [0.5, 0.6) is 0 Å². The molecule has 1 heteroatoms. The molecular formula is C53H43N. The van der Waals surface area contributed by atoms with Crippen molar-refractivity contribution >= 4 is 32.6 Å². The van der Waals surface area contributed by atoms with Gasteiger partial charge < -0.3 is 4.57 Å². The van der Waals surface area contributed by atoms with Gasteiger partial charge in [0.05, 0.1) is 11.0 Å². The van der Waals surface area contributed by atoms with Crippen LogP contribution in [0.25, 0.3) is 71.6 Å². The van der Waals surface area contributed by atoms with Gasteiger partial charge >= 0.3 is 0 Å². The average Bonchev–Trinajstić information content (AvgIpc) is 3.79. The maximum atomic E-state index is 2.71. The molecule has 4 bridgehead atoms. The van der Waals surface area contributed by atoms with E-state index >= 15 is 0 Å². The lowest BCUT2D eigenvalue weighted by Crippen LogP contribution is -2.55. The molecule has 0 aliphatic heterocycles. The minimum Gasteiger partial charge on any atom is -0.309 e. The minimum absolute atomic E-state index is 0.0318. The molecule has 1 spiro atoms. The van der Waals surface area contributed by atoms with Crippen LogP contribution < -0.4 is 0 Å². The molecule has 260 valence electrons.